The van der Waals surface area contributed by atoms with Crippen LogP contribution in [0.4, 0.5) is 5.69 Å². The van der Waals surface area contributed by atoms with Gasteiger partial charge >= 0.3 is 0 Å². The van der Waals surface area contributed by atoms with Crippen LogP contribution in [-0.2, 0) is 13.0 Å². The van der Waals surface area contributed by atoms with Crippen LogP contribution in [0.1, 0.15) is 39.6 Å². The third-order valence-electron chi connectivity index (χ3n) is 4.88. The van der Waals surface area contributed by atoms with E-state index in [0.29, 0.717) is 18.0 Å². The minimum Gasteiger partial charge on any atom is -0.508 e. The number of fused-ring (bicyclic) bond motifs is 1. The number of benzene rings is 2. The predicted octanol–water partition coefficient (Wildman–Crippen LogP) is 3.82. The van der Waals surface area contributed by atoms with Crippen molar-refractivity contribution in [1.82, 2.24) is 10.3 Å². The number of amides is 1. The van der Waals surface area contributed by atoms with Crippen LogP contribution in [0.5, 0.6) is 5.75 Å². The molecule has 5 heteroatoms. The number of nitrogens with one attached hydrogen (secondary N) is 2. The number of hydrogen-bond acceptors (Lipinski definition) is 4. The third kappa shape index (κ3) is 3.77. The molecule has 0 aliphatic heterocycles. The topological polar surface area (TPSA) is 74.2 Å². The molecule has 0 radical (unpaired) electrons. The molecule has 0 saturated carbocycles. The van der Waals surface area contributed by atoms with Gasteiger partial charge in [-0.2, -0.15) is 0 Å². The lowest BCUT2D eigenvalue weighted by Crippen LogP contribution is -2.24. The van der Waals surface area contributed by atoms with Crippen molar-refractivity contribution in [3.05, 3.63) is 89.2 Å². The first-order chi connectivity index (χ1) is 13.2. The van der Waals surface area contributed by atoms with Crippen molar-refractivity contribution in [3.63, 3.8) is 0 Å². The van der Waals surface area contributed by atoms with Gasteiger partial charge in [-0.25, -0.2) is 0 Å². The first kappa shape index (κ1) is 17.1. The van der Waals surface area contributed by atoms with E-state index >= 15 is 0 Å². The summed E-state index contributed by atoms with van der Waals surface area (Å²) in [5.74, 6) is 0.152. The molecule has 0 saturated heterocycles. The van der Waals surface area contributed by atoms with Gasteiger partial charge < -0.3 is 15.7 Å². The van der Waals surface area contributed by atoms with Crippen LogP contribution in [0.2, 0.25) is 0 Å². The van der Waals surface area contributed by atoms with Gasteiger partial charge in [0.15, 0.2) is 0 Å². The molecule has 1 atom stereocenters. The molecule has 3 aromatic rings. The molecule has 2 aromatic carbocycles. The second-order valence-corrected chi connectivity index (χ2v) is 6.68. The highest BCUT2D eigenvalue weighted by Gasteiger charge is 2.24. The van der Waals surface area contributed by atoms with Gasteiger partial charge in [-0.1, -0.05) is 42.5 Å². The second-order valence-electron chi connectivity index (χ2n) is 6.68. The highest BCUT2D eigenvalue weighted by atomic mass is 16.3. The Morgan fingerprint density at radius 2 is 1.96 bits per heavy atom. The van der Waals surface area contributed by atoms with Gasteiger partial charge in [0.05, 0.1) is 6.04 Å². The van der Waals surface area contributed by atoms with E-state index in [0.717, 1.165) is 35.2 Å². The molecule has 136 valence electrons. The number of anilines is 1. The summed E-state index contributed by atoms with van der Waals surface area (Å²) in [6, 6.07) is 19.1. The Labute approximate surface area is 158 Å². The molecule has 1 unspecified atom stereocenters. The summed E-state index contributed by atoms with van der Waals surface area (Å²) >= 11 is 0. The smallest absolute Gasteiger partial charge is 0.270 e. The molecule has 27 heavy (non-hydrogen) atoms. The Kier molecular flexibility index (Phi) is 4.75. The fourth-order valence-electron chi connectivity index (χ4n) is 3.50. The van der Waals surface area contributed by atoms with Gasteiger partial charge in [-0.3, -0.25) is 9.78 Å². The van der Waals surface area contributed by atoms with Crippen LogP contribution in [0.15, 0.2) is 66.9 Å². The number of carbonyl (C=O) groups excluding carboxylic acids is 1. The number of aromatic hydroxyl groups is 1. The van der Waals surface area contributed by atoms with E-state index in [-0.39, 0.29) is 11.9 Å². The Bertz CT molecular complexity index is 957. The molecule has 0 bridgehead atoms. The second kappa shape index (κ2) is 7.50. The quantitative estimate of drug-likeness (QED) is 0.647. The zero-order valence-electron chi connectivity index (χ0n) is 14.9. The van der Waals surface area contributed by atoms with Crippen molar-refractivity contribution >= 4 is 11.6 Å². The number of nitrogens with zero attached hydrogens (tertiary/aromatic N) is 1. The highest BCUT2D eigenvalue weighted by molar-refractivity contribution is 5.93. The van der Waals surface area contributed by atoms with Crippen molar-refractivity contribution in [3.8, 4) is 5.75 Å². The summed E-state index contributed by atoms with van der Waals surface area (Å²) < 4.78 is 0. The lowest BCUT2D eigenvalue weighted by Gasteiger charge is -2.16. The zero-order chi connectivity index (χ0) is 18.6. The van der Waals surface area contributed by atoms with Crippen molar-refractivity contribution < 1.29 is 9.90 Å². The minimum absolute atomic E-state index is 0.120. The van der Waals surface area contributed by atoms with E-state index in [1.54, 1.807) is 18.3 Å². The van der Waals surface area contributed by atoms with E-state index in [1.165, 1.54) is 0 Å². The Morgan fingerprint density at radius 3 is 2.81 bits per heavy atom. The van der Waals surface area contributed by atoms with E-state index in [4.69, 9.17) is 0 Å². The van der Waals surface area contributed by atoms with Gasteiger partial charge in [0.25, 0.3) is 5.91 Å². The fraction of sp³-hybridized carbons (Fsp3) is 0.182. The van der Waals surface area contributed by atoms with Gasteiger partial charge in [-0.15, -0.1) is 0 Å². The summed E-state index contributed by atoms with van der Waals surface area (Å²) in [7, 11) is 0. The summed E-state index contributed by atoms with van der Waals surface area (Å²) in [6.07, 6.45) is 3.39. The average molecular weight is 359 g/mol. The van der Waals surface area contributed by atoms with Crippen LogP contribution >= 0.6 is 0 Å². The molecular weight excluding hydrogens is 338 g/mol. The zero-order valence-corrected chi connectivity index (χ0v) is 14.9. The predicted molar refractivity (Wildman–Crippen MR) is 105 cm³/mol. The highest BCUT2D eigenvalue weighted by Crippen LogP contribution is 2.38. The molecule has 0 spiro atoms. The standard InChI is InChI=1S/C22H21N3O2/c26-21-8-4-7-17-18(21)9-10-19(17)25-16-11-12-23-20(13-16)22(27)24-14-15-5-2-1-3-6-15/h1-8,11-13,19,26H,9-10,14H2,(H,23,25)(H,24,27). The summed E-state index contributed by atoms with van der Waals surface area (Å²) in [6.45, 7) is 0.467. The van der Waals surface area contributed by atoms with Crippen molar-refractivity contribution in [2.24, 2.45) is 0 Å². The first-order valence-corrected chi connectivity index (χ1v) is 9.06. The Balaban J connectivity index is 1.44. The van der Waals surface area contributed by atoms with Crippen LogP contribution in [0, 0.1) is 0 Å². The fourth-order valence-corrected chi connectivity index (χ4v) is 3.50. The Morgan fingerprint density at radius 1 is 1.11 bits per heavy atom. The largest absolute Gasteiger partial charge is 0.508 e. The lowest BCUT2D eigenvalue weighted by atomic mass is 10.1. The Hall–Kier alpha value is -3.34. The summed E-state index contributed by atoms with van der Waals surface area (Å²) in [5.41, 5.74) is 4.38. The summed E-state index contributed by atoms with van der Waals surface area (Å²) in [5, 5.41) is 16.4. The molecule has 3 N–H and O–H groups in total. The molecule has 0 fully saturated rings. The number of hydrogen-bond donors (Lipinski definition) is 3. The van der Waals surface area contributed by atoms with E-state index in [2.05, 4.69) is 15.6 Å². The maximum atomic E-state index is 12.4. The van der Waals surface area contributed by atoms with E-state index in [9.17, 15) is 9.90 Å². The molecule has 1 amide bonds. The number of phenolic OH excluding ortho intramolecular Hbond substituents is 1. The molecule has 1 aliphatic carbocycles. The molecule has 1 aliphatic rings. The van der Waals surface area contributed by atoms with Gasteiger partial charge in [0.1, 0.15) is 11.4 Å². The molecule has 1 heterocycles. The van der Waals surface area contributed by atoms with Crippen molar-refractivity contribution in [2.75, 3.05) is 5.32 Å². The van der Waals surface area contributed by atoms with E-state index in [1.807, 2.05) is 48.5 Å². The van der Waals surface area contributed by atoms with Crippen molar-refractivity contribution in [2.45, 2.75) is 25.4 Å². The minimum atomic E-state index is -0.202. The van der Waals surface area contributed by atoms with Crippen LogP contribution in [0.3, 0.4) is 0 Å². The first-order valence-electron chi connectivity index (χ1n) is 9.06. The van der Waals surface area contributed by atoms with Crippen LogP contribution < -0.4 is 10.6 Å². The number of rotatable bonds is 5. The van der Waals surface area contributed by atoms with Gasteiger partial charge in [-0.05, 0) is 47.7 Å². The molecule has 5 nitrogen and oxygen atoms in total. The molecular formula is C22H21N3O2. The summed E-state index contributed by atoms with van der Waals surface area (Å²) in [4.78, 5) is 16.6. The molecule has 1 aromatic heterocycles. The van der Waals surface area contributed by atoms with Gasteiger partial charge in [0, 0.05) is 18.4 Å². The average Bonchev–Trinajstić information content (AvgIpc) is 3.11. The monoisotopic (exact) mass is 359 g/mol. The van der Waals surface area contributed by atoms with Crippen LogP contribution in [0.25, 0.3) is 0 Å². The third-order valence-corrected chi connectivity index (χ3v) is 4.88. The SMILES string of the molecule is O=C(NCc1ccccc1)c1cc(NC2CCc3c(O)cccc32)ccn1. The maximum Gasteiger partial charge on any atom is 0.270 e. The van der Waals surface area contributed by atoms with Crippen LogP contribution in [-0.4, -0.2) is 16.0 Å². The normalized spacial score (nSPS) is 15.2. The molecule has 4 rings (SSSR count). The number of carbonyl (C=O) groups is 1. The lowest BCUT2D eigenvalue weighted by molar-refractivity contribution is 0.0946. The number of phenols is 1. The van der Waals surface area contributed by atoms with Crippen molar-refractivity contribution in [1.29, 1.82) is 0 Å². The maximum absolute atomic E-state index is 12.4. The van der Waals surface area contributed by atoms with Gasteiger partial charge in [0.2, 0.25) is 0 Å². The van der Waals surface area contributed by atoms with E-state index < -0.39 is 0 Å². The number of aromatic nitrogens is 1. The number of pyridine rings is 1.